The van der Waals surface area contributed by atoms with Crippen LogP contribution in [0.25, 0.3) is 0 Å². The van der Waals surface area contributed by atoms with E-state index in [1.165, 1.54) is 12.4 Å². The van der Waals surface area contributed by atoms with Crippen molar-refractivity contribution in [2.45, 2.75) is 31.6 Å². The summed E-state index contributed by atoms with van der Waals surface area (Å²) in [5.74, 6) is -2.68. The standard InChI is InChI=1S/C9H10F2N2/c1-6-2-3-9(10,11)8-7(6)12-4-5-13-8/h4-6H,2-3H2,1H3. The fourth-order valence-electron chi connectivity index (χ4n) is 1.64. The average Bonchev–Trinajstić information content (AvgIpc) is 2.13. The molecule has 4 heteroatoms. The van der Waals surface area contributed by atoms with Crippen molar-refractivity contribution >= 4 is 0 Å². The molecule has 1 aliphatic carbocycles. The van der Waals surface area contributed by atoms with Gasteiger partial charge in [0.1, 0.15) is 5.69 Å². The summed E-state index contributed by atoms with van der Waals surface area (Å²) in [4.78, 5) is 7.66. The van der Waals surface area contributed by atoms with E-state index < -0.39 is 5.92 Å². The van der Waals surface area contributed by atoms with Crippen LogP contribution in [-0.4, -0.2) is 9.97 Å². The Bertz CT molecular complexity index is 325. The predicted molar refractivity (Wildman–Crippen MR) is 43.6 cm³/mol. The molecule has 70 valence electrons. The fourth-order valence-corrected chi connectivity index (χ4v) is 1.64. The van der Waals surface area contributed by atoms with Crippen LogP contribution in [0, 0.1) is 0 Å². The maximum Gasteiger partial charge on any atom is 0.291 e. The van der Waals surface area contributed by atoms with E-state index in [4.69, 9.17) is 0 Å². The van der Waals surface area contributed by atoms with Gasteiger partial charge in [0.2, 0.25) is 0 Å². The zero-order chi connectivity index (χ0) is 9.47. The van der Waals surface area contributed by atoms with Gasteiger partial charge in [0.05, 0.1) is 5.69 Å². The van der Waals surface area contributed by atoms with Gasteiger partial charge < -0.3 is 0 Å². The number of alkyl halides is 2. The largest absolute Gasteiger partial charge is 0.291 e. The average molecular weight is 184 g/mol. The zero-order valence-electron chi connectivity index (χ0n) is 7.30. The Labute approximate surface area is 75.0 Å². The van der Waals surface area contributed by atoms with Gasteiger partial charge in [-0.25, -0.2) is 0 Å². The van der Waals surface area contributed by atoms with Crippen molar-refractivity contribution in [1.82, 2.24) is 9.97 Å². The number of halogens is 2. The fraction of sp³-hybridized carbons (Fsp3) is 0.556. The van der Waals surface area contributed by atoms with E-state index in [0.717, 1.165) is 0 Å². The van der Waals surface area contributed by atoms with Crippen LogP contribution in [-0.2, 0) is 5.92 Å². The van der Waals surface area contributed by atoms with E-state index in [2.05, 4.69) is 9.97 Å². The Morgan fingerprint density at radius 2 is 2.08 bits per heavy atom. The molecule has 1 heterocycles. The van der Waals surface area contributed by atoms with Crippen LogP contribution in [0.2, 0.25) is 0 Å². The summed E-state index contributed by atoms with van der Waals surface area (Å²) in [6.07, 6.45) is 3.17. The van der Waals surface area contributed by atoms with Crippen LogP contribution in [0.15, 0.2) is 12.4 Å². The molecule has 0 spiro atoms. The molecule has 0 amide bonds. The SMILES string of the molecule is CC1CCC(F)(F)c2nccnc21. The first-order valence-electron chi connectivity index (χ1n) is 4.30. The van der Waals surface area contributed by atoms with Crippen LogP contribution in [0.1, 0.15) is 37.1 Å². The Balaban J connectivity index is 2.55. The summed E-state index contributed by atoms with van der Waals surface area (Å²) < 4.78 is 26.5. The van der Waals surface area contributed by atoms with Crippen LogP contribution < -0.4 is 0 Å². The monoisotopic (exact) mass is 184 g/mol. The lowest BCUT2D eigenvalue weighted by Crippen LogP contribution is -2.25. The lowest BCUT2D eigenvalue weighted by atomic mass is 9.88. The topological polar surface area (TPSA) is 25.8 Å². The van der Waals surface area contributed by atoms with Crippen LogP contribution in [0.4, 0.5) is 8.78 Å². The Morgan fingerprint density at radius 1 is 1.38 bits per heavy atom. The molecule has 2 rings (SSSR count). The molecule has 0 aliphatic heterocycles. The lowest BCUT2D eigenvalue weighted by molar-refractivity contribution is -0.0300. The highest BCUT2D eigenvalue weighted by atomic mass is 19.3. The maximum atomic E-state index is 13.3. The molecule has 0 bridgehead atoms. The van der Waals surface area contributed by atoms with Gasteiger partial charge in [-0.3, -0.25) is 9.97 Å². The molecule has 1 aromatic rings. The summed E-state index contributed by atoms with van der Waals surface area (Å²) in [7, 11) is 0. The van der Waals surface area contributed by atoms with Crippen molar-refractivity contribution in [3.63, 3.8) is 0 Å². The van der Waals surface area contributed by atoms with Crippen LogP contribution >= 0.6 is 0 Å². The van der Waals surface area contributed by atoms with Gasteiger partial charge in [-0.15, -0.1) is 0 Å². The number of hydrogen-bond acceptors (Lipinski definition) is 2. The lowest BCUT2D eigenvalue weighted by Gasteiger charge is -2.26. The van der Waals surface area contributed by atoms with Gasteiger partial charge in [0, 0.05) is 24.7 Å². The van der Waals surface area contributed by atoms with Gasteiger partial charge in [0.15, 0.2) is 0 Å². The summed E-state index contributed by atoms with van der Waals surface area (Å²) >= 11 is 0. The summed E-state index contributed by atoms with van der Waals surface area (Å²) in [6, 6.07) is 0. The minimum absolute atomic E-state index is 0.100. The van der Waals surface area contributed by atoms with E-state index >= 15 is 0 Å². The molecular weight excluding hydrogens is 174 g/mol. The molecule has 1 aromatic heterocycles. The molecule has 13 heavy (non-hydrogen) atoms. The van der Waals surface area contributed by atoms with E-state index in [9.17, 15) is 8.78 Å². The Hall–Kier alpha value is -1.06. The molecule has 0 N–H and O–H groups in total. The van der Waals surface area contributed by atoms with Gasteiger partial charge in [-0.2, -0.15) is 8.78 Å². The number of rotatable bonds is 0. The highest BCUT2D eigenvalue weighted by Crippen LogP contribution is 2.42. The van der Waals surface area contributed by atoms with Crippen molar-refractivity contribution in [3.8, 4) is 0 Å². The third-order valence-electron chi connectivity index (χ3n) is 2.43. The van der Waals surface area contributed by atoms with E-state index in [1.807, 2.05) is 6.92 Å². The number of aromatic nitrogens is 2. The number of fused-ring (bicyclic) bond motifs is 1. The first-order valence-corrected chi connectivity index (χ1v) is 4.30. The smallest absolute Gasteiger partial charge is 0.257 e. The number of hydrogen-bond donors (Lipinski definition) is 0. The summed E-state index contributed by atoms with van der Waals surface area (Å²) in [5, 5.41) is 0. The summed E-state index contributed by atoms with van der Waals surface area (Å²) in [5.41, 5.74) is 0.326. The van der Waals surface area contributed by atoms with E-state index in [1.54, 1.807) is 0 Å². The minimum atomic E-state index is -2.78. The van der Waals surface area contributed by atoms with E-state index in [0.29, 0.717) is 12.1 Å². The number of nitrogens with zero attached hydrogens (tertiary/aromatic N) is 2. The summed E-state index contributed by atoms with van der Waals surface area (Å²) in [6.45, 7) is 1.91. The normalized spacial score (nSPS) is 25.3. The molecule has 0 saturated heterocycles. The molecule has 0 aromatic carbocycles. The molecule has 1 atom stereocenters. The van der Waals surface area contributed by atoms with Crippen LogP contribution in [0.3, 0.4) is 0 Å². The highest BCUT2D eigenvalue weighted by molar-refractivity contribution is 5.23. The molecule has 1 aliphatic rings. The molecule has 0 saturated carbocycles. The third kappa shape index (κ3) is 1.30. The maximum absolute atomic E-state index is 13.3. The second-order valence-electron chi connectivity index (χ2n) is 3.43. The molecule has 0 fully saturated rings. The van der Waals surface area contributed by atoms with E-state index in [-0.39, 0.29) is 18.0 Å². The van der Waals surface area contributed by atoms with Gasteiger partial charge in [0.25, 0.3) is 5.92 Å². The Morgan fingerprint density at radius 3 is 2.77 bits per heavy atom. The van der Waals surface area contributed by atoms with Gasteiger partial charge in [-0.1, -0.05) is 6.92 Å². The Kier molecular flexibility index (Phi) is 1.78. The zero-order valence-corrected chi connectivity index (χ0v) is 7.30. The molecule has 0 radical (unpaired) electrons. The first-order chi connectivity index (χ1) is 6.11. The van der Waals surface area contributed by atoms with Crippen molar-refractivity contribution in [3.05, 3.63) is 23.8 Å². The molecule has 1 unspecified atom stereocenters. The highest BCUT2D eigenvalue weighted by Gasteiger charge is 2.41. The second kappa shape index (κ2) is 2.72. The molecular formula is C9H10F2N2. The van der Waals surface area contributed by atoms with Gasteiger partial charge in [-0.05, 0) is 6.42 Å². The van der Waals surface area contributed by atoms with Crippen molar-refractivity contribution in [1.29, 1.82) is 0 Å². The minimum Gasteiger partial charge on any atom is -0.257 e. The second-order valence-corrected chi connectivity index (χ2v) is 3.43. The first kappa shape index (κ1) is 8.53. The van der Waals surface area contributed by atoms with Crippen molar-refractivity contribution < 1.29 is 8.78 Å². The third-order valence-corrected chi connectivity index (χ3v) is 2.43. The quantitative estimate of drug-likeness (QED) is 0.619. The van der Waals surface area contributed by atoms with Crippen molar-refractivity contribution in [2.75, 3.05) is 0 Å². The van der Waals surface area contributed by atoms with Crippen molar-refractivity contribution in [2.24, 2.45) is 0 Å². The van der Waals surface area contributed by atoms with Gasteiger partial charge >= 0.3 is 0 Å². The molecule has 2 nitrogen and oxygen atoms in total. The predicted octanol–water partition coefficient (Wildman–Crippen LogP) is 2.47. The van der Waals surface area contributed by atoms with Crippen LogP contribution in [0.5, 0.6) is 0 Å².